The summed E-state index contributed by atoms with van der Waals surface area (Å²) >= 11 is 0. The first kappa shape index (κ1) is 15.5. The van der Waals surface area contributed by atoms with E-state index in [1.807, 2.05) is 0 Å². The minimum atomic E-state index is -0.831. The molecule has 0 aliphatic heterocycles. The second-order valence-corrected chi connectivity index (χ2v) is 3.79. The molecule has 17 heavy (non-hydrogen) atoms. The zero-order chi connectivity index (χ0) is 13.3. The van der Waals surface area contributed by atoms with Crippen LogP contribution in [0.5, 0.6) is 0 Å². The third kappa shape index (κ3) is 7.42. The maximum absolute atomic E-state index is 11.5. The van der Waals surface area contributed by atoms with Gasteiger partial charge in [-0.05, 0) is 25.8 Å². The average Bonchev–Trinajstić information content (AvgIpc) is 2.30. The van der Waals surface area contributed by atoms with Crippen molar-refractivity contribution in [1.82, 2.24) is 5.32 Å². The van der Waals surface area contributed by atoms with Crippen LogP contribution in [0.2, 0.25) is 0 Å². The van der Waals surface area contributed by atoms with Gasteiger partial charge in [0.05, 0.1) is 12.1 Å². The fourth-order valence-electron chi connectivity index (χ4n) is 1.23. The Kier molecular flexibility index (Phi) is 7.91. The van der Waals surface area contributed by atoms with Crippen LogP contribution in [0.15, 0.2) is 0 Å². The molecule has 2 amide bonds. The molecule has 0 unspecified atom stereocenters. The van der Waals surface area contributed by atoms with E-state index in [2.05, 4.69) is 5.32 Å². The van der Waals surface area contributed by atoms with Gasteiger partial charge >= 0.3 is 0 Å². The summed E-state index contributed by atoms with van der Waals surface area (Å²) in [6, 6.07) is -1.41. The molecule has 0 saturated heterocycles. The molecule has 0 aliphatic carbocycles. The topological polar surface area (TPSA) is 141 Å². The van der Waals surface area contributed by atoms with E-state index in [9.17, 15) is 14.4 Å². The summed E-state index contributed by atoms with van der Waals surface area (Å²) in [5, 5.41) is 2.49. The Balaban J connectivity index is 4.02. The van der Waals surface area contributed by atoms with Gasteiger partial charge in [-0.15, -0.1) is 0 Å². The van der Waals surface area contributed by atoms with Crippen LogP contribution in [0.25, 0.3) is 0 Å². The molecule has 0 heterocycles. The Bertz CT molecular complexity index is 270. The largest absolute Gasteiger partial charge is 0.370 e. The van der Waals surface area contributed by atoms with Crippen LogP contribution in [-0.2, 0) is 14.4 Å². The van der Waals surface area contributed by atoms with Crippen molar-refractivity contribution in [3.63, 3.8) is 0 Å². The minimum absolute atomic E-state index is 0.0448. The average molecular weight is 244 g/mol. The van der Waals surface area contributed by atoms with Crippen molar-refractivity contribution in [2.75, 3.05) is 6.54 Å². The van der Waals surface area contributed by atoms with E-state index < -0.39 is 23.9 Å². The number of hydrogen-bond donors (Lipinski definition) is 4. The lowest BCUT2D eigenvalue weighted by Crippen LogP contribution is -2.46. The van der Waals surface area contributed by atoms with Crippen LogP contribution >= 0.6 is 0 Å². The Morgan fingerprint density at radius 2 is 1.94 bits per heavy atom. The van der Waals surface area contributed by atoms with Gasteiger partial charge < -0.3 is 27.3 Å². The van der Waals surface area contributed by atoms with Gasteiger partial charge in [0.1, 0.15) is 6.29 Å². The van der Waals surface area contributed by atoms with Crippen LogP contribution in [0, 0.1) is 0 Å². The van der Waals surface area contributed by atoms with Crippen LogP contribution in [-0.4, -0.2) is 36.7 Å². The smallest absolute Gasteiger partial charge is 0.237 e. The lowest BCUT2D eigenvalue weighted by atomic mass is 10.1. The number of nitrogens with two attached hydrogens (primary N) is 3. The standard InChI is InChI=1S/C10H20N4O3/c11-5-1-2-7(6-15)14-10(17)8(12)3-4-9(13)16/h6-8H,1-5,11-12H2,(H2,13,16)(H,14,17)/t7-,8-/m0/s1. The minimum Gasteiger partial charge on any atom is -0.370 e. The first-order valence-corrected chi connectivity index (χ1v) is 5.50. The molecule has 0 fully saturated rings. The van der Waals surface area contributed by atoms with E-state index in [0.717, 1.165) is 0 Å². The highest BCUT2D eigenvalue weighted by Gasteiger charge is 2.17. The number of amides is 2. The molecule has 0 aromatic carbocycles. The van der Waals surface area contributed by atoms with Crippen LogP contribution in [0.3, 0.4) is 0 Å². The van der Waals surface area contributed by atoms with Gasteiger partial charge in [0.25, 0.3) is 0 Å². The summed E-state index contributed by atoms with van der Waals surface area (Å²) in [7, 11) is 0. The fourth-order valence-corrected chi connectivity index (χ4v) is 1.23. The third-order valence-electron chi connectivity index (χ3n) is 2.25. The van der Waals surface area contributed by atoms with Gasteiger partial charge in [-0.25, -0.2) is 0 Å². The molecule has 0 aromatic rings. The molecular formula is C10H20N4O3. The molecule has 7 nitrogen and oxygen atoms in total. The van der Waals surface area contributed by atoms with Gasteiger partial charge in [-0.1, -0.05) is 0 Å². The van der Waals surface area contributed by atoms with E-state index in [4.69, 9.17) is 17.2 Å². The normalized spacial score (nSPS) is 13.8. The number of carbonyl (C=O) groups is 3. The molecular weight excluding hydrogens is 224 g/mol. The lowest BCUT2D eigenvalue weighted by Gasteiger charge is -2.15. The predicted octanol–water partition coefficient (Wildman–Crippen LogP) is -2.00. The first-order chi connectivity index (χ1) is 8.01. The summed E-state index contributed by atoms with van der Waals surface area (Å²) in [6.45, 7) is 0.452. The molecule has 2 atom stereocenters. The molecule has 0 spiro atoms. The molecule has 7 N–H and O–H groups in total. The maximum Gasteiger partial charge on any atom is 0.237 e. The molecule has 0 aliphatic rings. The molecule has 7 heteroatoms. The van der Waals surface area contributed by atoms with Crippen molar-refractivity contribution in [3.8, 4) is 0 Å². The number of rotatable bonds is 9. The second kappa shape index (κ2) is 8.66. The van der Waals surface area contributed by atoms with Gasteiger partial charge in [-0.2, -0.15) is 0 Å². The summed E-state index contributed by atoms with van der Waals surface area (Å²) in [5.41, 5.74) is 15.8. The van der Waals surface area contributed by atoms with Crippen molar-refractivity contribution < 1.29 is 14.4 Å². The fraction of sp³-hybridized carbons (Fsp3) is 0.700. The van der Waals surface area contributed by atoms with E-state index >= 15 is 0 Å². The highest BCUT2D eigenvalue weighted by Crippen LogP contribution is 1.97. The zero-order valence-electron chi connectivity index (χ0n) is 9.72. The monoisotopic (exact) mass is 244 g/mol. The second-order valence-electron chi connectivity index (χ2n) is 3.79. The van der Waals surface area contributed by atoms with Crippen molar-refractivity contribution in [3.05, 3.63) is 0 Å². The number of nitrogens with one attached hydrogen (secondary N) is 1. The highest BCUT2D eigenvalue weighted by molar-refractivity contribution is 5.85. The zero-order valence-corrected chi connectivity index (χ0v) is 9.72. The summed E-state index contributed by atoms with van der Waals surface area (Å²) in [4.78, 5) is 32.7. The third-order valence-corrected chi connectivity index (χ3v) is 2.25. The molecule has 0 bridgehead atoms. The van der Waals surface area contributed by atoms with Crippen molar-refractivity contribution in [2.24, 2.45) is 17.2 Å². The van der Waals surface area contributed by atoms with Crippen molar-refractivity contribution >= 4 is 18.1 Å². The summed E-state index contributed by atoms with van der Waals surface area (Å²) in [6.07, 6.45) is 1.98. The number of aldehydes is 1. The Morgan fingerprint density at radius 3 is 2.41 bits per heavy atom. The van der Waals surface area contributed by atoms with Crippen molar-refractivity contribution in [2.45, 2.75) is 37.8 Å². The Hall–Kier alpha value is -1.47. The van der Waals surface area contributed by atoms with Crippen LogP contribution < -0.4 is 22.5 Å². The maximum atomic E-state index is 11.5. The van der Waals surface area contributed by atoms with E-state index in [-0.39, 0.29) is 12.8 Å². The van der Waals surface area contributed by atoms with E-state index in [1.165, 1.54) is 0 Å². The summed E-state index contributed by atoms with van der Waals surface area (Å²) in [5.74, 6) is -0.969. The Labute approximate surface area is 100 Å². The molecule has 0 rings (SSSR count). The Morgan fingerprint density at radius 1 is 1.29 bits per heavy atom. The van der Waals surface area contributed by atoms with E-state index in [1.54, 1.807) is 0 Å². The molecule has 0 radical (unpaired) electrons. The quantitative estimate of drug-likeness (QED) is 0.347. The van der Waals surface area contributed by atoms with Crippen molar-refractivity contribution in [1.29, 1.82) is 0 Å². The van der Waals surface area contributed by atoms with Gasteiger partial charge in [0.15, 0.2) is 0 Å². The SMILES string of the molecule is NCCC[C@@H](C=O)NC(=O)[C@@H](N)CCC(N)=O. The lowest BCUT2D eigenvalue weighted by molar-refractivity contribution is -0.125. The number of carbonyl (C=O) groups excluding carboxylic acids is 3. The van der Waals surface area contributed by atoms with Gasteiger partial charge in [0, 0.05) is 6.42 Å². The predicted molar refractivity (Wildman–Crippen MR) is 62.7 cm³/mol. The van der Waals surface area contributed by atoms with Crippen LogP contribution in [0.4, 0.5) is 0 Å². The molecule has 0 aromatic heterocycles. The van der Waals surface area contributed by atoms with Gasteiger partial charge in [0.2, 0.25) is 11.8 Å². The van der Waals surface area contributed by atoms with E-state index in [0.29, 0.717) is 25.7 Å². The first-order valence-electron chi connectivity index (χ1n) is 5.50. The summed E-state index contributed by atoms with van der Waals surface area (Å²) < 4.78 is 0. The molecule has 98 valence electrons. The van der Waals surface area contributed by atoms with Crippen LogP contribution in [0.1, 0.15) is 25.7 Å². The number of primary amides is 1. The van der Waals surface area contributed by atoms with Gasteiger partial charge in [-0.3, -0.25) is 9.59 Å². The highest BCUT2D eigenvalue weighted by atomic mass is 16.2. The number of hydrogen-bond acceptors (Lipinski definition) is 5. The molecule has 0 saturated carbocycles.